The monoisotopic (exact) mass is 974 g/mol. The van der Waals surface area contributed by atoms with Crippen molar-refractivity contribution in [1.29, 1.82) is 0 Å². The van der Waals surface area contributed by atoms with Crippen molar-refractivity contribution in [3.8, 4) is 22.3 Å². The summed E-state index contributed by atoms with van der Waals surface area (Å²) in [4.78, 5) is 53.4. The van der Waals surface area contributed by atoms with Gasteiger partial charge in [-0.2, -0.15) is 4.31 Å². The number of non-ortho nitro benzene ring substituents is 1. The quantitative estimate of drug-likeness (QED) is 0.0514. The molecule has 7 N–H and O–H groups in total. The molecule has 2 aliphatic carbocycles. The van der Waals surface area contributed by atoms with Crippen LogP contribution in [0.4, 0.5) is 23.0 Å². The molecule has 2 heterocycles. The summed E-state index contributed by atoms with van der Waals surface area (Å²) in [5, 5.41) is 32.0. The third-order valence-electron chi connectivity index (χ3n) is 12.7. The van der Waals surface area contributed by atoms with Crippen molar-refractivity contribution < 1.29 is 27.9 Å². The van der Waals surface area contributed by atoms with Crippen LogP contribution >= 0.6 is 0 Å². The molecule has 2 aromatic heterocycles. The van der Waals surface area contributed by atoms with Crippen LogP contribution in [0, 0.1) is 20.2 Å². The number of carbonyl (C=O) groups excluding carboxylic acids is 2. The van der Waals surface area contributed by atoms with Gasteiger partial charge < -0.3 is 27.4 Å². The topological polar surface area (TPSA) is 272 Å². The molecule has 0 spiro atoms. The van der Waals surface area contributed by atoms with Crippen molar-refractivity contribution in [3.05, 3.63) is 205 Å². The Balaban J connectivity index is 0.000000208. The molecule has 2 atom stereocenters. The second-order valence-electron chi connectivity index (χ2n) is 17.0. The van der Waals surface area contributed by atoms with E-state index in [1.807, 2.05) is 30.3 Å². The highest BCUT2D eigenvalue weighted by molar-refractivity contribution is 7.89. The van der Waals surface area contributed by atoms with Crippen LogP contribution < -0.4 is 27.4 Å². The Hall–Kier alpha value is -8.39. The summed E-state index contributed by atoms with van der Waals surface area (Å²) in [5.74, 6) is -0.351. The molecule has 2 amide bonds. The number of hydrogen-bond donors (Lipinski definition) is 5. The van der Waals surface area contributed by atoms with Crippen molar-refractivity contribution in [2.24, 2.45) is 0 Å². The molecule has 2 aliphatic rings. The first-order valence-electron chi connectivity index (χ1n) is 22.6. The lowest BCUT2D eigenvalue weighted by Gasteiger charge is -2.29. The summed E-state index contributed by atoms with van der Waals surface area (Å²) in [5.41, 5.74) is 20.3. The van der Waals surface area contributed by atoms with Crippen LogP contribution in [-0.2, 0) is 36.0 Å². The van der Waals surface area contributed by atoms with E-state index in [0.717, 1.165) is 53.8 Å². The number of nitro groups is 2. The summed E-state index contributed by atoms with van der Waals surface area (Å²) in [6.07, 6.45) is 6.53. The van der Waals surface area contributed by atoms with Gasteiger partial charge in [-0.05, 0) is 101 Å². The normalized spacial score (nSPS) is 14.7. The summed E-state index contributed by atoms with van der Waals surface area (Å²) >= 11 is 0. The first kappa shape index (κ1) is 49.0. The molecule has 19 heteroatoms. The van der Waals surface area contributed by atoms with Crippen LogP contribution in [0.2, 0.25) is 0 Å². The molecule has 9 rings (SSSR count). The fourth-order valence-electron chi connectivity index (χ4n) is 9.10. The Labute approximate surface area is 409 Å². The highest BCUT2D eigenvalue weighted by Crippen LogP contribution is 2.42. The largest absolute Gasteiger partial charge is 0.383 e. The number of nitrogens with zero attached hydrogens (tertiary/aromatic N) is 5. The lowest BCUT2D eigenvalue weighted by molar-refractivity contribution is -0.396. The van der Waals surface area contributed by atoms with E-state index in [1.54, 1.807) is 55.7 Å². The second kappa shape index (κ2) is 21.1. The zero-order valence-electron chi connectivity index (χ0n) is 38.7. The second-order valence-corrected chi connectivity index (χ2v) is 18.9. The predicted octanol–water partition coefficient (Wildman–Crippen LogP) is 7.85. The molecule has 18 nitrogen and oxygen atoms in total. The SMILES string of the molecule is CNC(=O)c1cc(-c2cccc(CN([C@H]3CCc4ccccc43)S(=O)(=O)c3ccc([N+](=O)[O-])cc3[N+](=O)[O-])c2)cnc1N.CNC(=O)c1cc(-c2cccc(CN[C@H]3CCc4ccccc43)c2)cnc1N. The summed E-state index contributed by atoms with van der Waals surface area (Å²) in [6, 6.07) is 37.0. The smallest absolute Gasteiger partial charge is 0.296 e. The number of benzene rings is 5. The van der Waals surface area contributed by atoms with E-state index < -0.39 is 48.1 Å². The minimum atomic E-state index is -4.56. The third-order valence-corrected chi connectivity index (χ3v) is 14.6. The number of nitrogens with one attached hydrogen (secondary N) is 3. The van der Waals surface area contributed by atoms with Crippen molar-refractivity contribution >= 4 is 44.8 Å². The number of aromatic nitrogens is 2. The molecule has 0 fully saturated rings. The van der Waals surface area contributed by atoms with Gasteiger partial charge in [0.25, 0.3) is 33.2 Å². The maximum atomic E-state index is 14.3. The molecule has 71 heavy (non-hydrogen) atoms. The van der Waals surface area contributed by atoms with Gasteiger partial charge in [-0.3, -0.25) is 29.8 Å². The lowest BCUT2D eigenvalue weighted by atomic mass is 10.0. The van der Waals surface area contributed by atoms with Crippen LogP contribution in [0.5, 0.6) is 0 Å². The molecular weight excluding hydrogens is 925 g/mol. The van der Waals surface area contributed by atoms with Gasteiger partial charge in [0.05, 0.1) is 33.1 Å². The molecule has 0 unspecified atom stereocenters. The van der Waals surface area contributed by atoms with Gasteiger partial charge in [-0.15, -0.1) is 0 Å². The number of carbonyl (C=O) groups is 2. The number of rotatable bonds is 14. The Bertz CT molecular complexity index is 3310. The van der Waals surface area contributed by atoms with Crippen LogP contribution in [0.15, 0.2) is 145 Å². The molecule has 0 bridgehead atoms. The van der Waals surface area contributed by atoms with Gasteiger partial charge in [0.2, 0.25) is 0 Å². The number of nitro benzene ring substituents is 2. The molecule has 0 aliphatic heterocycles. The number of pyridine rings is 2. The van der Waals surface area contributed by atoms with Crippen molar-refractivity contribution in [2.75, 3.05) is 25.6 Å². The number of aryl methyl sites for hydroxylation is 2. The van der Waals surface area contributed by atoms with E-state index in [9.17, 15) is 38.2 Å². The van der Waals surface area contributed by atoms with E-state index in [-0.39, 0.29) is 29.7 Å². The minimum absolute atomic E-state index is 0.0566. The molecule has 0 radical (unpaired) electrons. The predicted molar refractivity (Wildman–Crippen MR) is 269 cm³/mol. The van der Waals surface area contributed by atoms with Gasteiger partial charge >= 0.3 is 0 Å². The number of sulfonamides is 1. The van der Waals surface area contributed by atoms with Crippen LogP contribution in [0.3, 0.4) is 0 Å². The fourth-order valence-corrected chi connectivity index (χ4v) is 10.9. The Morgan fingerprint density at radius 1 is 0.662 bits per heavy atom. The average Bonchev–Trinajstić information content (AvgIpc) is 4.01. The van der Waals surface area contributed by atoms with Crippen LogP contribution in [0.1, 0.15) is 79.0 Å². The standard InChI is InChI=1S/C29H26N6O7S.C23H24N4O/c1-31-29(36)24-14-21(16-32-28(24)30)20-7-4-5-18(13-20)17-33(25-11-9-19-6-2-3-8-23(19)25)43(41,42)27-12-10-22(34(37)38)15-26(27)35(39)40;1-25-23(28)20-12-18(14-27-22(20)24)17-7-4-5-15(11-17)13-26-21-10-9-16-6-2-3-8-19(16)21/h2-8,10,12-16,25H,9,11,17H2,1H3,(H2,30,32)(H,31,36);2-8,11-12,14,21,26H,9-10,13H2,1H3,(H2,24,27)(H,25,28)/t25-;21-/m00/s1. The van der Waals surface area contributed by atoms with E-state index >= 15 is 0 Å². The number of nitrogen functional groups attached to an aromatic ring is 2. The van der Waals surface area contributed by atoms with E-state index in [2.05, 4.69) is 62.3 Å². The van der Waals surface area contributed by atoms with Crippen molar-refractivity contribution in [1.82, 2.24) is 30.2 Å². The van der Waals surface area contributed by atoms with E-state index in [1.165, 1.54) is 34.2 Å². The zero-order valence-corrected chi connectivity index (χ0v) is 39.6. The van der Waals surface area contributed by atoms with Crippen LogP contribution in [-0.4, -0.2) is 58.4 Å². The highest BCUT2D eigenvalue weighted by atomic mass is 32.2. The number of hydrogen-bond acceptors (Lipinski definition) is 13. The van der Waals surface area contributed by atoms with Crippen molar-refractivity contribution in [2.45, 2.75) is 55.8 Å². The van der Waals surface area contributed by atoms with Crippen LogP contribution in [0.25, 0.3) is 22.3 Å². The molecule has 7 aromatic rings. The zero-order chi connectivity index (χ0) is 50.4. The summed E-state index contributed by atoms with van der Waals surface area (Å²) in [7, 11) is -1.50. The van der Waals surface area contributed by atoms with E-state index in [4.69, 9.17) is 11.5 Å². The maximum Gasteiger partial charge on any atom is 0.296 e. The Kier molecular flexibility index (Phi) is 14.6. The highest BCUT2D eigenvalue weighted by Gasteiger charge is 2.40. The van der Waals surface area contributed by atoms with Gasteiger partial charge in [0.1, 0.15) is 11.6 Å². The van der Waals surface area contributed by atoms with Crippen molar-refractivity contribution in [3.63, 3.8) is 0 Å². The number of amides is 2. The molecule has 362 valence electrons. The van der Waals surface area contributed by atoms with E-state index in [0.29, 0.717) is 47.2 Å². The third kappa shape index (κ3) is 10.6. The Morgan fingerprint density at radius 2 is 1.21 bits per heavy atom. The average molecular weight is 975 g/mol. The maximum absolute atomic E-state index is 14.3. The number of nitrogens with two attached hydrogens (primary N) is 2. The molecule has 0 saturated heterocycles. The minimum Gasteiger partial charge on any atom is -0.383 e. The summed E-state index contributed by atoms with van der Waals surface area (Å²) < 4.78 is 29.7. The lowest BCUT2D eigenvalue weighted by Crippen LogP contribution is -2.34. The molecule has 5 aromatic carbocycles. The van der Waals surface area contributed by atoms with Gasteiger partial charge in [0, 0.05) is 62.8 Å². The van der Waals surface area contributed by atoms with Gasteiger partial charge in [-0.25, -0.2) is 18.4 Å². The fraction of sp³-hybridized carbons (Fsp3) is 0.192. The molecule has 0 saturated carbocycles. The summed E-state index contributed by atoms with van der Waals surface area (Å²) in [6.45, 7) is 0.631. The molecular formula is C52H50N10O8S. The van der Waals surface area contributed by atoms with Gasteiger partial charge in [-0.1, -0.05) is 84.9 Å². The Morgan fingerprint density at radius 3 is 1.80 bits per heavy atom. The number of anilines is 2. The first-order chi connectivity index (χ1) is 34.2. The number of fused-ring (bicyclic) bond motifs is 2. The first-order valence-corrected chi connectivity index (χ1v) is 24.1. The van der Waals surface area contributed by atoms with Gasteiger partial charge in [0.15, 0.2) is 4.90 Å².